The van der Waals surface area contributed by atoms with E-state index in [2.05, 4.69) is 5.32 Å². The molecule has 0 atom stereocenters. The molecule has 2 aromatic rings. The molecule has 3 rings (SSSR count). The van der Waals surface area contributed by atoms with Gasteiger partial charge in [0.15, 0.2) is 15.6 Å². The Morgan fingerprint density at radius 2 is 1.69 bits per heavy atom. The van der Waals surface area contributed by atoms with Crippen LogP contribution in [0.2, 0.25) is 10.0 Å². The molecule has 11 heteroatoms. The second kappa shape index (κ2) is 9.97. The minimum atomic E-state index is -3.75. The van der Waals surface area contributed by atoms with Gasteiger partial charge in [-0.2, -0.15) is 0 Å². The third-order valence-electron chi connectivity index (χ3n) is 5.12. The molecule has 0 radical (unpaired) electrons. The summed E-state index contributed by atoms with van der Waals surface area (Å²) < 4.78 is 31.5. The number of sulfone groups is 1. The quantitative estimate of drug-likeness (QED) is 0.481. The zero-order chi connectivity index (χ0) is 23.5. The Kier molecular flexibility index (Phi) is 7.53. The number of aliphatic carboxylic acids is 1. The van der Waals surface area contributed by atoms with Crippen molar-refractivity contribution in [2.24, 2.45) is 5.92 Å². The highest BCUT2D eigenvalue weighted by molar-refractivity contribution is 7.91. The maximum absolute atomic E-state index is 12.9. The maximum atomic E-state index is 12.9. The zero-order valence-electron chi connectivity index (χ0n) is 16.8. The molecular weight excluding hydrogens is 481 g/mol. The van der Waals surface area contributed by atoms with Crippen molar-refractivity contribution < 1.29 is 33.0 Å². The van der Waals surface area contributed by atoms with Crippen LogP contribution in [0.5, 0.6) is 17.2 Å². The molecule has 172 valence electrons. The summed E-state index contributed by atoms with van der Waals surface area (Å²) in [4.78, 5) is 21.7. The van der Waals surface area contributed by atoms with Crippen LogP contribution in [0.25, 0.3) is 0 Å². The third-order valence-corrected chi connectivity index (χ3v) is 7.59. The molecule has 0 bridgehead atoms. The lowest BCUT2D eigenvalue weighted by atomic mass is 9.91. The lowest BCUT2D eigenvalue weighted by molar-refractivity contribution is -0.147. The van der Waals surface area contributed by atoms with Gasteiger partial charge >= 0.3 is 11.9 Å². The summed E-state index contributed by atoms with van der Waals surface area (Å²) >= 11 is 12.3. The molecule has 3 N–H and O–H groups in total. The van der Waals surface area contributed by atoms with E-state index in [1.807, 2.05) is 0 Å². The molecule has 0 aromatic heterocycles. The minimum absolute atomic E-state index is 0.0250. The monoisotopic (exact) mass is 501 g/mol. The molecule has 0 heterocycles. The van der Waals surface area contributed by atoms with E-state index in [0.29, 0.717) is 0 Å². The lowest BCUT2D eigenvalue weighted by Gasteiger charge is -2.21. The zero-order valence-corrected chi connectivity index (χ0v) is 19.1. The van der Waals surface area contributed by atoms with E-state index in [0.717, 1.165) is 32.1 Å². The smallest absolute Gasteiger partial charge is 0.394 e. The molecule has 0 aliphatic heterocycles. The van der Waals surface area contributed by atoms with Crippen LogP contribution in [0.1, 0.15) is 32.1 Å². The maximum Gasteiger partial charge on any atom is 0.394 e. The number of carboxylic acids is 1. The van der Waals surface area contributed by atoms with Crippen molar-refractivity contribution in [2.75, 3.05) is 11.1 Å². The fraction of sp³-hybridized carbons (Fsp3) is 0.333. The number of aromatic hydroxyl groups is 1. The third kappa shape index (κ3) is 5.85. The van der Waals surface area contributed by atoms with Crippen molar-refractivity contribution in [3.8, 4) is 17.2 Å². The summed E-state index contributed by atoms with van der Waals surface area (Å²) in [6.07, 6.45) is 4.77. The Morgan fingerprint density at radius 1 is 1.06 bits per heavy atom. The SMILES string of the molecule is O=C(O)C(=O)Nc1cc(Cl)c(Oc2ccc(O)c(S(=O)(=O)CC3CCCCC3)c2)c(Cl)c1. The molecule has 32 heavy (non-hydrogen) atoms. The summed E-state index contributed by atoms with van der Waals surface area (Å²) in [6.45, 7) is 0. The predicted molar refractivity (Wildman–Crippen MR) is 120 cm³/mol. The highest BCUT2D eigenvalue weighted by Crippen LogP contribution is 2.40. The number of nitrogens with one attached hydrogen (secondary N) is 1. The van der Waals surface area contributed by atoms with E-state index in [9.17, 15) is 23.1 Å². The number of anilines is 1. The van der Waals surface area contributed by atoms with Crippen LogP contribution in [0.3, 0.4) is 0 Å². The summed E-state index contributed by atoms with van der Waals surface area (Å²) in [5.74, 6) is -3.27. The number of carbonyl (C=O) groups is 2. The second-order valence-corrected chi connectivity index (χ2v) is 10.4. The first-order chi connectivity index (χ1) is 15.1. The van der Waals surface area contributed by atoms with Gasteiger partial charge in [0.05, 0.1) is 15.8 Å². The van der Waals surface area contributed by atoms with Gasteiger partial charge in [0.25, 0.3) is 0 Å². The molecule has 1 amide bonds. The molecule has 1 saturated carbocycles. The van der Waals surface area contributed by atoms with Crippen LogP contribution in [0.15, 0.2) is 35.2 Å². The first kappa shape index (κ1) is 24.2. The first-order valence-corrected chi connectivity index (χ1v) is 12.2. The molecule has 1 aliphatic rings. The van der Waals surface area contributed by atoms with Gasteiger partial charge in [0, 0.05) is 11.8 Å². The topological polar surface area (TPSA) is 130 Å². The van der Waals surface area contributed by atoms with Crippen LogP contribution in [-0.2, 0) is 19.4 Å². The van der Waals surface area contributed by atoms with Crippen LogP contribution in [-0.4, -0.2) is 36.3 Å². The summed E-state index contributed by atoms with van der Waals surface area (Å²) in [5.41, 5.74) is 0.0428. The number of rotatable bonds is 6. The Hall–Kier alpha value is -2.49. The van der Waals surface area contributed by atoms with Crippen molar-refractivity contribution in [2.45, 2.75) is 37.0 Å². The highest BCUT2D eigenvalue weighted by Gasteiger charge is 2.26. The average molecular weight is 502 g/mol. The van der Waals surface area contributed by atoms with Crippen molar-refractivity contribution in [1.29, 1.82) is 0 Å². The van der Waals surface area contributed by atoms with Gasteiger partial charge in [-0.05, 0) is 43.0 Å². The van der Waals surface area contributed by atoms with E-state index >= 15 is 0 Å². The molecule has 1 fully saturated rings. The predicted octanol–water partition coefficient (Wildman–Crippen LogP) is 4.87. The van der Waals surface area contributed by atoms with Gasteiger partial charge in [-0.1, -0.05) is 42.5 Å². The van der Waals surface area contributed by atoms with Gasteiger partial charge in [-0.15, -0.1) is 0 Å². The number of ether oxygens (including phenoxy) is 1. The van der Waals surface area contributed by atoms with E-state index in [1.165, 1.54) is 30.3 Å². The fourth-order valence-electron chi connectivity index (χ4n) is 3.59. The van der Waals surface area contributed by atoms with Crippen molar-refractivity contribution in [3.05, 3.63) is 40.4 Å². The van der Waals surface area contributed by atoms with E-state index in [1.54, 1.807) is 0 Å². The van der Waals surface area contributed by atoms with Gasteiger partial charge in [-0.25, -0.2) is 13.2 Å². The van der Waals surface area contributed by atoms with Crippen LogP contribution < -0.4 is 10.1 Å². The van der Waals surface area contributed by atoms with E-state index in [-0.39, 0.29) is 49.5 Å². The minimum Gasteiger partial charge on any atom is -0.507 e. The number of carbonyl (C=O) groups excluding carboxylic acids is 1. The lowest BCUT2D eigenvalue weighted by Crippen LogP contribution is -2.21. The summed E-state index contributed by atoms with van der Waals surface area (Å²) in [5, 5.41) is 20.9. The van der Waals surface area contributed by atoms with Gasteiger partial charge in [-0.3, -0.25) is 4.79 Å². The average Bonchev–Trinajstić information content (AvgIpc) is 2.72. The Balaban J connectivity index is 1.84. The van der Waals surface area contributed by atoms with Crippen LogP contribution >= 0.6 is 23.2 Å². The number of carboxylic acid groups (broad SMARTS) is 1. The Bertz CT molecular complexity index is 1120. The number of hydrogen-bond donors (Lipinski definition) is 3. The fourth-order valence-corrected chi connectivity index (χ4v) is 5.97. The highest BCUT2D eigenvalue weighted by atomic mass is 35.5. The normalized spacial score (nSPS) is 14.7. The molecule has 0 spiro atoms. The first-order valence-electron chi connectivity index (χ1n) is 9.84. The summed E-state index contributed by atoms with van der Waals surface area (Å²) in [7, 11) is -3.75. The van der Waals surface area contributed by atoms with E-state index in [4.69, 9.17) is 33.0 Å². The number of phenols is 1. The molecule has 2 aromatic carbocycles. The van der Waals surface area contributed by atoms with Crippen LogP contribution in [0, 0.1) is 5.92 Å². The second-order valence-electron chi connectivity index (χ2n) is 7.55. The number of hydrogen-bond acceptors (Lipinski definition) is 6. The Labute approximate surface area is 195 Å². The van der Waals surface area contributed by atoms with Crippen molar-refractivity contribution >= 4 is 50.6 Å². The van der Waals surface area contributed by atoms with Crippen molar-refractivity contribution in [3.63, 3.8) is 0 Å². The number of phenolic OH excluding ortho intramolecular Hbond substituents is 1. The number of benzene rings is 2. The van der Waals surface area contributed by atoms with E-state index < -0.39 is 21.7 Å². The molecule has 0 saturated heterocycles. The summed E-state index contributed by atoms with van der Waals surface area (Å²) in [6, 6.07) is 6.27. The standard InChI is InChI=1S/C21H21Cl2NO7S/c22-15-8-13(24-20(26)21(27)28)9-16(23)19(15)31-14-6-7-17(25)18(10-14)32(29,30)11-12-4-2-1-3-5-12/h6-10,12,25H,1-5,11H2,(H,24,26)(H,27,28). The molecule has 8 nitrogen and oxygen atoms in total. The largest absolute Gasteiger partial charge is 0.507 e. The van der Waals surface area contributed by atoms with Gasteiger partial charge in [0.1, 0.15) is 16.4 Å². The number of halogens is 2. The Morgan fingerprint density at radius 3 is 2.28 bits per heavy atom. The van der Waals surface area contributed by atoms with Crippen LogP contribution in [0.4, 0.5) is 5.69 Å². The number of amides is 1. The van der Waals surface area contributed by atoms with Gasteiger partial charge in [0.2, 0.25) is 0 Å². The molecule has 0 unspecified atom stereocenters. The molecule has 1 aliphatic carbocycles. The van der Waals surface area contributed by atoms with Crippen molar-refractivity contribution in [1.82, 2.24) is 0 Å². The van der Waals surface area contributed by atoms with Gasteiger partial charge < -0.3 is 20.3 Å². The molecular formula is C21H21Cl2NO7S.